The summed E-state index contributed by atoms with van der Waals surface area (Å²) in [6.07, 6.45) is 42.9. The first-order valence-electron chi connectivity index (χ1n) is 25.1. The van der Waals surface area contributed by atoms with E-state index < -0.39 is 22.0 Å². The van der Waals surface area contributed by atoms with Gasteiger partial charge in [-0.25, -0.2) is 13.6 Å². The van der Waals surface area contributed by atoms with E-state index in [1.807, 2.05) is 0 Å². The Morgan fingerprint density at radius 3 is 1.47 bits per heavy atom. The van der Waals surface area contributed by atoms with Crippen LogP contribution < -0.4 is 26.4 Å². The molecule has 0 bridgehead atoms. The van der Waals surface area contributed by atoms with Gasteiger partial charge in [0.1, 0.15) is 6.04 Å². The first-order chi connectivity index (χ1) is 32.1. The molecule has 6 N–H and O–H groups in total. The van der Waals surface area contributed by atoms with Gasteiger partial charge in [0, 0.05) is 38.0 Å². The predicted octanol–water partition coefficient (Wildman–Crippen LogP) is 9.44. The van der Waals surface area contributed by atoms with Gasteiger partial charge < -0.3 is 30.7 Å². The number of amides is 4. The molecule has 374 valence electrons. The van der Waals surface area contributed by atoms with Gasteiger partial charge in [-0.15, -0.1) is 0 Å². The maximum Gasteiger partial charge on any atom is 0.251 e. The van der Waals surface area contributed by atoms with Crippen molar-refractivity contribution in [3.63, 3.8) is 0 Å². The van der Waals surface area contributed by atoms with Crippen molar-refractivity contribution in [2.24, 2.45) is 5.14 Å². The van der Waals surface area contributed by atoms with E-state index in [-0.39, 0.29) is 68.7 Å². The second-order valence-electron chi connectivity index (χ2n) is 16.7. The van der Waals surface area contributed by atoms with Gasteiger partial charge in [0.05, 0.1) is 31.3 Å². The Labute approximate surface area is 399 Å². The van der Waals surface area contributed by atoms with E-state index in [1.165, 1.54) is 75.6 Å². The number of benzene rings is 1. The number of sulfonamides is 1. The number of hydrogen-bond acceptors (Lipinski definition) is 8. The lowest BCUT2D eigenvalue weighted by atomic mass is 10.1. The van der Waals surface area contributed by atoms with Crippen LogP contribution in [0.4, 0.5) is 0 Å². The van der Waals surface area contributed by atoms with E-state index >= 15 is 0 Å². The zero-order chi connectivity index (χ0) is 48.2. The molecule has 13 nitrogen and oxygen atoms in total. The molecule has 1 rings (SSSR count). The molecule has 0 aliphatic heterocycles. The molecule has 0 aliphatic carbocycles. The summed E-state index contributed by atoms with van der Waals surface area (Å²) >= 11 is 0. The van der Waals surface area contributed by atoms with Crippen molar-refractivity contribution in [2.45, 2.75) is 179 Å². The summed E-state index contributed by atoms with van der Waals surface area (Å²) in [4.78, 5) is 51.1. The molecule has 4 amide bonds. The lowest BCUT2D eigenvalue weighted by Gasteiger charge is -2.19. The van der Waals surface area contributed by atoms with Gasteiger partial charge in [-0.2, -0.15) is 0 Å². The maximum absolute atomic E-state index is 13.2. The van der Waals surface area contributed by atoms with Crippen LogP contribution in [0.15, 0.2) is 77.8 Å². The van der Waals surface area contributed by atoms with Crippen molar-refractivity contribution in [1.29, 1.82) is 0 Å². The monoisotopic (exact) mass is 942 g/mol. The van der Waals surface area contributed by atoms with Crippen LogP contribution in [-0.4, -0.2) is 84.2 Å². The van der Waals surface area contributed by atoms with Gasteiger partial charge in [0.25, 0.3) is 5.91 Å². The van der Waals surface area contributed by atoms with E-state index in [2.05, 4.69) is 83.7 Å². The molecule has 66 heavy (non-hydrogen) atoms. The van der Waals surface area contributed by atoms with Crippen molar-refractivity contribution >= 4 is 33.7 Å². The highest BCUT2D eigenvalue weighted by Gasteiger charge is 2.21. The van der Waals surface area contributed by atoms with Gasteiger partial charge in [0.2, 0.25) is 27.7 Å². The summed E-state index contributed by atoms with van der Waals surface area (Å²) in [6.45, 7) is 5.87. The van der Waals surface area contributed by atoms with Gasteiger partial charge in [-0.1, -0.05) is 127 Å². The molecule has 1 aromatic carbocycles. The fraction of sp³-hybridized carbons (Fsp3) is 0.654. The van der Waals surface area contributed by atoms with Gasteiger partial charge in [0.15, 0.2) is 0 Å². The van der Waals surface area contributed by atoms with Crippen LogP contribution in [0, 0.1) is 0 Å². The minimum absolute atomic E-state index is 0.00495. The van der Waals surface area contributed by atoms with Gasteiger partial charge in [-0.3, -0.25) is 19.2 Å². The number of carbonyl (C=O) groups excluding carboxylic acids is 4. The molecule has 0 saturated heterocycles. The Hall–Kier alpha value is -4.11. The Morgan fingerprint density at radius 1 is 0.545 bits per heavy atom. The summed E-state index contributed by atoms with van der Waals surface area (Å²) in [5.41, 5.74) is 0.293. The van der Waals surface area contributed by atoms with Crippen LogP contribution in [0.5, 0.6) is 0 Å². The van der Waals surface area contributed by atoms with E-state index in [1.54, 1.807) is 0 Å². The molecule has 14 heteroatoms. The number of carbonyl (C=O) groups is 4. The second kappa shape index (κ2) is 42.3. The average molecular weight is 942 g/mol. The van der Waals surface area contributed by atoms with E-state index in [0.29, 0.717) is 18.4 Å². The van der Waals surface area contributed by atoms with E-state index in [4.69, 9.17) is 14.6 Å². The molecule has 1 aromatic rings. The smallest absolute Gasteiger partial charge is 0.251 e. The molecular formula is C52H87N5O8S. The highest BCUT2D eigenvalue weighted by Crippen LogP contribution is 2.11. The zero-order valence-corrected chi connectivity index (χ0v) is 41.5. The van der Waals surface area contributed by atoms with Crippen molar-refractivity contribution in [3.8, 4) is 0 Å². The third-order valence-corrected chi connectivity index (χ3v) is 11.7. The fourth-order valence-electron chi connectivity index (χ4n) is 6.80. The Bertz CT molecular complexity index is 1650. The second-order valence-corrected chi connectivity index (χ2v) is 18.3. The number of nitrogens with one attached hydrogen (secondary N) is 4. The van der Waals surface area contributed by atoms with Gasteiger partial charge >= 0.3 is 0 Å². The van der Waals surface area contributed by atoms with Crippen molar-refractivity contribution in [2.75, 3.05) is 46.1 Å². The van der Waals surface area contributed by atoms with Crippen LogP contribution in [0.1, 0.15) is 178 Å². The largest absolute Gasteiger partial charge is 0.377 e. The molecule has 0 spiro atoms. The number of primary sulfonamides is 1. The minimum atomic E-state index is -3.84. The molecule has 0 aliphatic rings. The van der Waals surface area contributed by atoms with Crippen LogP contribution in [-0.2, 0) is 33.9 Å². The van der Waals surface area contributed by atoms with Crippen LogP contribution in [0.3, 0.4) is 0 Å². The number of rotatable bonds is 43. The molecule has 0 aromatic heterocycles. The summed E-state index contributed by atoms with van der Waals surface area (Å²) in [5, 5.41) is 16.3. The average Bonchev–Trinajstić information content (AvgIpc) is 3.30. The summed E-state index contributed by atoms with van der Waals surface area (Å²) in [7, 11) is -3.84. The molecule has 1 unspecified atom stereocenters. The third-order valence-electron chi connectivity index (χ3n) is 10.8. The van der Waals surface area contributed by atoms with E-state index in [0.717, 1.165) is 89.9 Å². The predicted molar refractivity (Wildman–Crippen MR) is 268 cm³/mol. The summed E-state index contributed by atoms with van der Waals surface area (Å²) in [6, 6.07) is 4.40. The fourth-order valence-corrected chi connectivity index (χ4v) is 7.32. The third kappa shape index (κ3) is 36.1. The SMILES string of the molecule is CCCCC/C=C\C/C=C\CCCCCCCC(=O)NCC(NC(=O)CCCCCCC/C=C\C/C=C\CCCCC)C(=O)NCCOCCOCCNC(=O)c1ccc(S(N)(=O)=O)cc1. The Kier molecular flexibility index (Phi) is 38.4. The highest BCUT2D eigenvalue weighted by molar-refractivity contribution is 7.89. The zero-order valence-electron chi connectivity index (χ0n) is 40.7. The van der Waals surface area contributed by atoms with E-state index in [9.17, 15) is 27.6 Å². The first kappa shape index (κ1) is 59.9. The van der Waals surface area contributed by atoms with Crippen molar-refractivity contribution < 1.29 is 37.1 Å². The molecule has 0 saturated carbocycles. The lowest BCUT2D eigenvalue weighted by Crippen LogP contribution is -2.53. The van der Waals surface area contributed by atoms with Crippen LogP contribution in [0.2, 0.25) is 0 Å². The highest BCUT2D eigenvalue weighted by atomic mass is 32.2. The van der Waals surface area contributed by atoms with Crippen molar-refractivity contribution in [3.05, 3.63) is 78.4 Å². The molecule has 0 fully saturated rings. The van der Waals surface area contributed by atoms with Gasteiger partial charge in [-0.05, 0) is 101 Å². The van der Waals surface area contributed by atoms with Crippen LogP contribution in [0.25, 0.3) is 0 Å². The number of ether oxygens (including phenoxy) is 2. The first-order valence-corrected chi connectivity index (χ1v) is 26.6. The number of unbranched alkanes of at least 4 members (excludes halogenated alkanes) is 16. The number of allylic oxidation sites excluding steroid dienone is 8. The molecule has 0 heterocycles. The lowest BCUT2D eigenvalue weighted by molar-refractivity contribution is -0.129. The molecule has 0 radical (unpaired) electrons. The summed E-state index contributed by atoms with van der Waals surface area (Å²) < 4.78 is 33.9. The van der Waals surface area contributed by atoms with Crippen LogP contribution >= 0.6 is 0 Å². The maximum atomic E-state index is 13.2. The number of hydrogen-bond donors (Lipinski definition) is 5. The normalized spacial score (nSPS) is 12.4. The Morgan fingerprint density at radius 2 is 0.985 bits per heavy atom. The topological polar surface area (TPSA) is 195 Å². The Balaban J connectivity index is 2.38. The summed E-state index contributed by atoms with van der Waals surface area (Å²) in [5.74, 6) is -1.12. The van der Waals surface area contributed by atoms with Crippen molar-refractivity contribution in [1.82, 2.24) is 21.3 Å². The molecular weight excluding hydrogens is 855 g/mol. The minimum Gasteiger partial charge on any atom is -0.377 e. The quantitative estimate of drug-likeness (QED) is 0.0315. The standard InChI is InChI=1S/C52H87N5O8S/c1-3-5-7-9-11-13-15-17-19-21-23-25-27-29-31-33-49(58)56-45-48(57-50(59)34-32-30-28-26-24-22-20-18-16-14-12-10-8-6-4-2)52(61)55-40-42-65-44-43-64-41-39-54-51(60)46-35-37-47(38-36-46)66(53,62)63/h11-14,17-20,35-38,48H,3-10,15-16,21-34,39-45H2,1-2H3,(H,54,60)(H,55,61)(H,56,58)(H,57,59)(H2,53,62,63)/b13-11-,14-12-,19-17-,20-18-. The molecule has 1 atom stereocenters. The number of nitrogens with two attached hydrogens (primary N) is 1.